The van der Waals surface area contributed by atoms with Crippen LogP contribution in [0.1, 0.15) is 17.8 Å². The van der Waals surface area contributed by atoms with E-state index in [1.54, 1.807) is 0 Å². The predicted molar refractivity (Wildman–Crippen MR) is 75.9 cm³/mol. The van der Waals surface area contributed by atoms with E-state index >= 15 is 0 Å². The van der Waals surface area contributed by atoms with E-state index in [4.69, 9.17) is 17.2 Å². The molecule has 0 saturated heterocycles. The van der Waals surface area contributed by atoms with Crippen molar-refractivity contribution in [3.8, 4) is 0 Å². The fourth-order valence-electron chi connectivity index (χ4n) is 1.48. The third-order valence-electron chi connectivity index (χ3n) is 2.15. The zero-order valence-electron chi connectivity index (χ0n) is 10.6. The average molecular weight is 274 g/mol. The lowest BCUT2D eigenvalue weighted by atomic mass is 10.4. The summed E-state index contributed by atoms with van der Waals surface area (Å²) in [6.07, 6.45) is 0.836. The van der Waals surface area contributed by atoms with Crippen LogP contribution < -0.4 is 17.2 Å². The fraction of sp³-hybridized carbons (Fsp3) is 0.500. The summed E-state index contributed by atoms with van der Waals surface area (Å²) in [5, 5.41) is 4.34. The highest BCUT2D eigenvalue weighted by Gasteiger charge is 1.99. The minimum atomic E-state index is -0.0789. The number of aromatic nitrogens is 2. The van der Waals surface area contributed by atoms with Gasteiger partial charge in [-0.1, -0.05) is 0 Å². The molecule has 0 fully saturated rings. The quantitative estimate of drug-likeness (QED) is 0.403. The monoisotopic (exact) mass is 273 g/mol. The molecule has 0 atom stereocenters. The van der Waals surface area contributed by atoms with Crippen molar-refractivity contribution in [2.45, 2.75) is 26.8 Å². The summed E-state index contributed by atoms with van der Waals surface area (Å²) in [5.41, 5.74) is 18.0. The fourth-order valence-corrected chi connectivity index (χ4v) is 1.48. The lowest BCUT2D eigenvalue weighted by Gasteiger charge is -2.02. The van der Waals surface area contributed by atoms with Crippen LogP contribution in [0, 0.1) is 13.8 Å². The summed E-state index contributed by atoms with van der Waals surface area (Å²) in [6, 6.07) is 2.04. The van der Waals surface area contributed by atoms with Gasteiger partial charge in [-0.3, -0.25) is 9.67 Å². The molecule has 0 amide bonds. The van der Waals surface area contributed by atoms with Gasteiger partial charge in [0.25, 0.3) is 0 Å². The highest BCUT2D eigenvalue weighted by molar-refractivity contribution is 5.92. The molecule has 0 unspecified atom stereocenters. The first-order valence-electron chi connectivity index (χ1n) is 5.39. The molecule has 0 aliphatic carbocycles. The van der Waals surface area contributed by atoms with Crippen LogP contribution in [0.25, 0.3) is 0 Å². The zero-order chi connectivity index (χ0) is 12.8. The Bertz CT molecular complexity index is 431. The third kappa shape index (κ3) is 5.53. The number of hydrogen-bond acceptors (Lipinski definition) is 2. The Morgan fingerprint density at radius 1 is 1.33 bits per heavy atom. The zero-order valence-corrected chi connectivity index (χ0v) is 11.4. The van der Waals surface area contributed by atoms with Gasteiger partial charge in [-0.2, -0.15) is 10.1 Å². The molecule has 1 aromatic rings. The second kappa shape index (κ2) is 7.54. The molecule has 0 aliphatic heterocycles. The van der Waals surface area contributed by atoms with Crippen LogP contribution in [0.15, 0.2) is 16.1 Å². The summed E-state index contributed by atoms with van der Waals surface area (Å²) >= 11 is 0. The number of nitrogens with two attached hydrogens (primary N) is 3. The van der Waals surface area contributed by atoms with E-state index in [0.29, 0.717) is 6.54 Å². The van der Waals surface area contributed by atoms with Gasteiger partial charge in [0.05, 0.1) is 5.69 Å². The van der Waals surface area contributed by atoms with Crippen molar-refractivity contribution >= 4 is 24.3 Å². The lowest BCUT2D eigenvalue weighted by molar-refractivity contribution is 0.568. The Hall–Kier alpha value is -1.76. The molecule has 0 aromatic carbocycles. The van der Waals surface area contributed by atoms with Crippen molar-refractivity contribution in [1.29, 1.82) is 0 Å². The van der Waals surface area contributed by atoms with E-state index in [1.165, 1.54) is 0 Å². The van der Waals surface area contributed by atoms with E-state index in [1.807, 2.05) is 24.6 Å². The summed E-state index contributed by atoms with van der Waals surface area (Å²) in [7, 11) is 0. The second-order valence-electron chi connectivity index (χ2n) is 3.78. The van der Waals surface area contributed by atoms with Gasteiger partial charge in [0, 0.05) is 18.8 Å². The average Bonchev–Trinajstić information content (AvgIpc) is 2.51. The number of halogens is 1. The maximum absolute atomic E-state index is 5.47. The lowest BCUT2D eigenvalue weighted by Crippen LogP contribution is -2.26. The topological polar surface area (TPSA) is 121 Å². The van der Waals surface area contributed by atoms with E-state index < -0.39 is 0 Å². The van der Waals surface area contributed by atoms with Gasteiger partial charge in [-0.05, 0) is 26.3 Å². The smallest absolute Gasteiger partial charge is 0.218 e. The van der Waals surface area contributed by atoms with Gasteiger partial charge in [-0.15, -0.1) is 12.4 Å². The van der Waals surface area contributed by atoms with Crippen molar-refractivity contribution in [2.75, 3.05) is 6.54 Å². The first-order chi connectivity index (χ1) is 7.99. The molecule has 1 rings (SSSR count). The van der Waals surface area contributed by atoms with Crippen molar-refractivity contribution in [3.05, 3.63) is 17.5 Å². The molecule has 102 valence electrons. The molecule has 1 aromatic heterocycles. The van der Waals surface area contributed by atoms with Crippen LogP contribution in [-0.2, 0) is 6.54 Å². The maximum Gasteiger partial charge on any atom is 0.218 e. The first kappa shape index (κ1) is 16.2. The molecule has 0 bridgehead atoms. The molecule has 18 heavy (non-hydrogen) atoms. The molecule has 6 N–H and O–H groups in total. The van der Waals surface area contributed by atoms with Crippen molar-refractivity contribution in [3.63, 3.8) is 0 Å². The number of hydrogen-bond donors (Lipinski definition) is 3. The second-order valence-corrected chi connectivity index (χ2v) is 3.78. The Kier molecular flexibility index (Phi) is 6.81. The molecule has 0 radical (unpaired) electrons. The summed E-state index contributed by atoms with van der Waals surface area (Å²) in [6.45, 7) is 5.37. The minimum Gasteiger partial charge on any atom is -0.370 e. The molecule has 1 heterocycles. The molecule has 0 spiro atoms. The van der Waals surface area contributed by atoms with Crippen molar-refractivity contribution in [1.82, 2.24) is 9.78 Å². The van der Waals surface area contributed by atoms with E-state index in [-0.39, 0.29) is 24.3 Å². The van der Waals surface area contributed by atoms with Gasteiger partial charge < -0.3 is 17.2 Å². The van der Waals surface area contributed by atoms with Gasteiger partial charge in [0.2, 0.25) is 5.96 Å². The van der Waals surface area contributed by atoms with E-state index in [2.05, 4.69) is 15.1 Å². The van der Waals surface area contributed by atoms with Crippen LogP contribution in [0.3, 0.4) is 0 Å². The molecule has 0 aliphatic rings. The van der Waals surface area contributed by atoms with Crippen LogP contribution in [0.5, 0.6) is 0 Å². The first-order valence-corrected chi connectivity index (χ1v) is 5.39. The molecular formula is C10H20ClN7. The van der Waals surface area contributed by atoms with Crippen molar-refractivity contribution < 1.29 is 0 Å². The maximum atomic E-state index is 5.47. The van der Waals surface area contributed by atoms with Gasteiger partial charge in [-0.25, -0.2) is 0 Å². The van der Waals surface area contributed by atoms with Crippen LogP contribution in [-0.4, -0.2) is 28.2 Å². The largest absolute Gasteiger partial charge is 0.370 e. The SMILES string of the molecule is Cc1cc(C)n(CCCN=C(N)N=C(N)N)n1.Cl. The van der Waals surface area contributed by atoms with Gasteiger partial charge >= 0.3 is 0 Å². The number of aryl methyl sites for hydroxylation is 3. The predicted octanol–water partition coefficient (Wildman–Crippen LogP) is -0.100. The highest BCUT2D eigenvalue weighted by atomic mass is 35.5. The Morgan fingerprint density at radius 3 is 2.50 bits per heavy atom. The molecule has 8 heteroatoms. The number of rotatable bonds is 4. The molecular weight excluding hydrogens is 254 g/mol. The number of nitrogens with zero attached hydrogens (tertiary/aromatic N) is 4. The molecule has 7 nitrogen and oxygen atoms in total. The Morgan fingerprint density at radius 2 is 2.00 bits per heavy atom. The summed E-state index contributed by atoms with van der Waals surface area (Å²) in [4.78, 5) is 7.64. The summed E-state index contributed by atoms with van der Waals surface area (Å²) in [5.74, 6) is 0.0307. The number of aliphatic imine (C=N–C) groups is 2. The van der Waals surface area contributed by atoms with E-state index in [0.717, 1.165) is 24.4 Å². The number of guanidine groups is 2. The third-order valence-corrected chi connectivity index (χ3v) is 2.15. The highest BCUT2D eigenvalue weighted by Crippen LogP contribution is 2.02. The molecule has 0 saturated carbocycles. The Labute approximate surface area is 113 Å². The van der Waals surface area contributed by atoms with Crippen LogP contribution >= 0.6 is 12.4 Å². The van der Waals surface area contributed by atoms with E-state index in [9.17, 15) is 0 Å². The minimum absolute atomic E-state index is 0. The van der Waals surface area contributed by atoms with Crippen LogP contribution in [0.4, 0.5) is 0 Å². The standard InChI is InChI=1S/C10H19N7.ClH/c1-7-6-8(2)17(16-7)5-3-4-14-10(13)15-9(11)12;/h6H,3-5H2,1-2H3,(H6,11,12,13,14,15);1H. The Balaban J connectivity index is 0.00000289. The van der Waals surface area contributed by atoms with Crippen molar-refractivity contribution in [2.24, 2.45) is 27.2 Å². The normalized spacial score (nSPS) is 10.9. The van der Waals surface area contributed by atoms with Gasteiger partial charge in [0.15, 0.2) is 5.96 Å². The van der Waals surface area contributed by atoms with Crippen LogP contribution in [0.2, 0.25) is 0 Å². The summed E-state index contributed by atoms with van der Waals surface area (Å²) < 4.78 is 1.95. The van der Waals surface area contributed by atoms with Gasteiger partial charge in [0.1, 0.15) is 0 Å².